The zero-order chi connectivity index (χ0) is 31.2. The molecule has 2 heterocycles. The van der Waals surface area contributed by atoms with Gasteiger partial charge in [-0.25, -0.2) is 13.1 Å². The number of aromatic nitrogens is 3. The molecule has 0 radical (unpaired) electrons. The molecule has 6 rings (SSSR count). The number of carbonyl (C=O) groups is 1. The van der Waals surface area contributed by atoms with Gasteiger partial charge in [-0.2, -0.15) is 4.31 Å². The highest BCUT2D eigenvalue weighted by Gasteiger charge is 2.36. The van der Waals surface area contributed by atoms with Crippen LogP contribution in [0.25, 0.3) is 11.0 Å². The summed E-state index contributed by atoms with van der Waals surface area (Å²) < 4.78 is 43.0. The molecule has 0 fully saturated rings. The summed E-state index contributed by atoms with van der Waals surface area (Å²) in [6.07, 6.45) is 3.25. The predicted molar refractivity (Wildman–Crippen MR) is 169 cm³/mol. The number of hydrogen-bond donors (Lipinski definition) is 0. The predicted octanol–water partition coefficient (Wildman–Crippen LogP) is 5.87. The van der Waals surface area contributed by atoms with Crippen molar-refractivity contribution >= 4 is 38.6 Å². The number of fused-ring (bicyclic) bond motifs is 3. The highest BCUT2D eigenvalue weighted by atomic mass is 35.5. The molecule has 0 saturated carbocycles. The van der Waals surface area contributed by atoms with Crippen molar-refractivity contribution in [3.05, 3.63) is 80.9 Å². The van der Waals surface area contributed by atoms with E-state index < -0.39 is 10.0 Å². The van der Waals surface area contributed by atoms with E-state index in [9.17, 15) is 13.2 Å². The first-order chi connectivity index (χ1) is 21.1. The van der Waals surface area contributed by atoms with Gasteiger partial charge < -0.3 is 9.47 Å². The highest BCUT2D eigenvalue weighted by molar-refractivity contribution is 7.89. The molecule has 2 atom stereocenters. The molecule has 44 heavy (non-hydrogen) atoms. The van der Waals surface area contributed by atoms with E-state index >= 15 is 0 Å². The van der Waals surface area contributed by atoms with E-state index in [0.717, 1.165) is 52.5 Å². The second kappa shape index (κ2) is 12.1. The largest absolute Gasteiger partial charge is 0.488 e. The Labute approximate surface area is 263 Å². The number of carbonyl (C=O) groups excluding carboxylic acids is 1. The zero-order valence-electron chi connectivity index (χ0n) is 25.5. The third kappa shape index (κ3) is 5.59. The van der Waals surface area contributed by atoms with Crippen LogP contribution < -0.4 is 4.74 Å². The summed E-state index contributed by atoms with van der Waals surface area (Å²) in [6, 6.07) is 13.0. The van der Waals surface area contributed by atoms with Gasteiger partial charge in [-0.3, -0.25) is 4.79 Å². The van der Waals surface area contributed by atoms with Crippen LogP contribution in [-0.4, -0.2) is 52.9 Å². The molecule has 4 aromatic rings. The topological polar surface area (TPSA) is 104 Å². The SMILES string of the molecule is CCOC(=O)CC(c1cc2c(c(CN3C[C@@H](CC)Oc4cc(Cl)ccc4S3(=O)=O)c1)CCC2)c1ccc2c(nnn2C)c1C. The second-order valence-electron chi connectivity index (χ2n) is 11.6. The number of aryl methyl sites for hydroxylation is 3. The minimum absolute atomic E-state index is 0.124. The van der Waals surface area contributed by atoms with E-state index in [1.54, 1.807) is 23.7 Å². The summed E-state index contributed by atoms with van der Waals surface area (Å²) in [5, 5.41) is 9.01. The molecule has 232 valence electrons. The first kappa shape index (κ1) is 30.6. The van der Waals surface area contributed by atoms with Crippen molar-refractivity contribution in [3.8, 4) is 5.75 Å². The fourth-order valence-electron chi connectivity index (χ4n) is 6.61. The van der Waals surface area contributed by atoms with Gasteiger partial charge in [-0.05, 0) is 91.1 Å². The molecule has 1 aliphatic heterocycles. The van der Waals surface area contributed by atoms with Crippen LogP contribution in [0, 0.1) is 6.92 Å². The van der Waals surface area contributed by atoms with Crippen LogP contribution in [0.5, 0.6) is 5.75 Å². The highest BCUT2D eigenvalue weighted by Crippen LogP contribution is 2.39. The Balaban J connectivity index is 1.45. The fraction of sp³-hybridized carbons (Fsp3) is 0.424. The van der Waals surface area contributed by atoms with Gasteiger partial charge >= 0.3 is 5.97 Å². The molecule has 9 nitrogen and oxygen atoms in total. The number of nitrogens with zero attached hydrogens (tertiary/aromatic N) is 4. The number of rotatable bonds is 8. The first-order valence-electron chi connectivity index (χ1n) is 15.2. The molecule has 3 aromatic carbocycles. The molecular formula is C33H37ClN4O5S. The molecule has 0 amide bonds. The lowest BCUT2D eigenvalue weighted by molar-refractivity contribution is -0.143. The number of halogens is 1. The van der Waals surface area contributed by atoms with Crippen LogP contribution in [0.15, 0.2) is 47.4 Å². The molecule has 0 N–H and O–H groups in total. The average Bonchev–Trinajstić information content (AvgIpc) is 3.60. The monoisotopic (exact) mass is 636 g/mol. The van der Waals surface area contributed by atoms with Crippen molar-refractivity contribution in [2.24, 2.45) is 7.05 Å². The summed E-state index contributed by atoms with van der Waals surface area (Å²) >= 11 is 6.21. The lowest BCUT2D eigenvalue weighted by Crippen LogP contribution is -2.36. The minimum Gasteiger partial charge on any atom is -0.488 e. The fourth-order valence-corrected chi connectivity index (χ4v) is 8.32. The van der Waals surface area contributed by atoms with E-state index in [-0.39, 0.29) is 48.1 Å². The lowest BCUT2D eigenvalue weighted by Gasteiger charge is -2.26. The van der Waals surface area contributed by atoms with Crippen LogP contribution in [0.4, 0.5) is 0 Å². The van der Waals surface area contributed by atoms with Gasteiger partial charge in [0.05, 0.1) is 25.1 Å². The minimum atomic E-state index is -3.88. The zero-order valence-corrected chi connectivity index (χ0v) is 27.0. The molecule has 2 aliphatic rings. The third-order valence-electron chi connectivity index (χ3n) is 8.89. The Morgan fingerprint density at radius 1 is 1.16 bits per heavy atom. The van der Waals surface area contributed by atoms with E-state index in [2.05, 4.69) is 22.4 Å². The molecule has 0 saturated heterocycles. The van der Waals surface area contributed by atoms with Gasteiger partial charge in [0.15, 0.2) is 0 Å². The van der Waals surface area contributed by atoms with Crippen molar-refractivity contribution in [2.45, 2.75) is 76.3 Å². The maximum Gasteiger partial charge on any atom is 0.306 e. The standard InChI is InChI=1S/C33H37ClN4O5S/c1-5-25-19-38(44(40,41)31-13-10-24(34)16-30(31)43-25)18-23-15-22(14-21-8-7-9-27(21)23)28(17-32(39)42-6-2)26-11-12-29-33(20(26)3)35-36-37(29)4/h10-16,25,28H,5-9,17-19H2,1-4H3/t25-,28?/m1/s1. The van der Waals surface area contributed by atoms with Crippen molar-refractivity contribution in [2.75, 3.05) is 13.2 Å². The van der Waals surface area contributed by atoms with Crippen LogP contribution in [0.3, 0.4) is 0 Å². The average molecular weight is 637 g/mol. The number of esters is 1. The van der Waals surface area contributed by atoms with Crippen molar-refractivity contribution in [3.63, 3.8) is 0 Å². The Morgan fingerprint density at radius 2 is 1.98 bits per heavy atom. The molecule has 0 bridgehead atoms. The van der Waals surface area contributed by atoms with Gasteiger partial charge in [-0.1, -0.05) is 41.9 Å². The Kier molecular flexibility index (Phi) is 8.43. The van der Waals surface area contributed by atoms with Crippen molar-refractivity contribution in [1.29, 1.82) is 0 Å². The Morgan fingerprint density at radius 3 is 2.75 bits per heavy atom. The maximum absolute atomic E-state index is 14.1. The summed E-state index contributed by atoms with van der Waals surface area (Å²) in [6.45, 7) is 6.52. The van der Waals surface area contributed by atoms with Crippen molar-refractivity contribution in [1.82, 2.24) is 19.3 Å². The quantitative estimate of drug-likeness (QED) is 0.223. The van der Waals surface area contributed by atoms with Crippen LogP contribution >= 0.6 is 11.6 Å². The number of ether oxygens (including phenoxy) is 2. The second-order valence-corrected chi connectivity index (χ2v) is 14.0. The summed E-state index contributed by atoms with van der Waals surface area (Å²) in [4.78, 5) is 13.1. The van der Waals surface area contributed by atoms with Crippen LogP contribution in [0.1, 0.15) is 72.4 Å². The van der Waals surface area contributed by atoms with E-state index in [4.69, 9.17) is 21.1 Å². The number of benzene rings is 3. The van der Waals surface area contributed by atoms with Gasteiger partial charge in [0.1, 0.15) is 22.3 Å². The molecular weight excluding hydrogens is 600 g/mol. The molecule has 11 heteroatoms. The van der Waals surface area contributed by atoms with E-state index in [1.807, 2.05) is 33.0 Å². The lowest BCUT2D eigenvalue weighted by atomic mass is 9.83. The van der Waals surface area contributed by atoms with Crippen LogP contribution in [-0.2, 0) is 46.0 Å². The van der Waals surface area contributed by atoms with Gasteiger partial charge in [0.25, 0.3) is 0 Å². The molecule has 1 aromatic heterocycles. The third-order valence-corrected chi connectivity index (χ3v) is 11.0. The maximum atomic E-state index is 14.1. The van der Waals surface area contributed by atoms with Gasteiger partial charge in [0.2, 0.25) is 10.0 Å². The summed E-state index contributed by atoms with van der Waals surface area (Å²) in [5.74, 6) is -0.304. The normalized spacial score (nSPS) is 18.3. The summed E-state index contributed by atoms with van der Waals surface area (Å²) in [7, 11) is -2.02. The smallest absolute Gasteiger partial charge is 0.306 e. The number of sulfonamides is 1. The van der Waals surface area contributed by atoms with E-state index in [1.165, 1.54) is 21.5 Å². The molecule has 0 spiro atoms. The first-order valence-corrected chi connectivity index (χ1v) is 17.0. The van der Waals surface area contributed by atoms with Crippen molar-refractivity contribution < 1.29 is 22.7 Å². The van der Waals surface area contributed by atoms with Gasteiger partial charge in [-0.15, -0.1) is 5.10 Å². The Bertz CT molecular complexity index is 1850. The molecule has 1 aliphatic carbocycles. The Hall–Kier alpha value is -3.47. The van der Waals surface area contributed by atoms with E-state index in [0.29, 0.717) is 18.1 Å². The molecule has 1 unspecified atom stereocenters. The van der Waals surface area contributed by atoms with Gasteiger partial charge in [0, 0.05) is 30.6 Å². The number of hydrogen-bond acceptors (Lipinski definition) is 7. The van der Waals surface area contributed by atoms with Crippen LogP contribution in [0.2, 0.25) is 5.02 Å². The summed E-state index contributed by atoms with van der Waals surface area (Å²) in [5.41, 5.74) is 7.95.